The number of ether oxygens (including phenoxy) is 1. The third-order valence-electron chi connectivity index (χ3n) is 3.97. The maximum absolute atomic E-state index is 12.0. The predicted molar refractivity (Wildman–Crippen MR) is 97.6 cm³/mol. The van der Waals surface area contributed by atoms with Gasteiger partial charge in [0, 0.05) is 24.9 Å². The second kappa shape index (κ2) is 8.29. The van der Waals surface area contributed by atoms with Crippen molar-refractivity contribution in [3.63, 3.8) is 0 Å². The van der Waals surface area contributed by atoms with Crippen LogP contribution in [0.25, 0.3) is 11.4 Å². The SMILES string of the molecule is COc1cccc(-c2noc(CCC(=O)NCc3ccc(C)cc3)n2)c1. The van der Waals surface area contributed by atoms with Crippen LogP contribution in [0.2, 0.25) is 0 Å². The third-order valence-corrected chi connectivity index (χ3v) is 3.97. The third kappa shape index (κ3) is 4.69. The summed E-state index contributed by atoms with van der Waals surface area (Å²) in [5.74, 6) is 1.60. The lowest BCUT2D eigenvalue weighted by Crippen LogP contribution is -2.23. The fourth-order valence-electron chi connectivity index (χ4n) is 2.45. The van der Waals surface area contributed by atoms with Crippen LogP contribution in [0.4, 0.5) is 0 Å². The first-order chi connectivity index (χ1) is 12.6. The van der Waals surface area contributed by atoms with Crippen molar-refractivity contribution in [2.45, 2.75) is 26.3 Å². The van der Waals surface area contributed by atoms with Gasteiger partial charge in [0.15, 0.2) is 0 Å². The van der Waals surface area contributed by atoms with Gasteiger partial charge >= 0.3 is 0 Å². The van der Waals surface area contributed by atoms with E-state index >= 15 is 0 Å². The molecule has 134 valence electrons. The van der Waals surface area contributed by atoms with Gasteiger partial charge in [0.05, 0.1) is 7.11 Å². The van der Waals surface area contributed by atoms with Crippen molar-refractivity contribution in [2.24, 2.45) is 0 Å². The lowest BCUT2D eigenvalue weighted by atomic mass is 10.1. The Morgan fingerprint density at radius 3 is 2.77 bits per heavy atom. The molecule has 1 amide bonds. The molecule has 1 heterocycles. The summed E-state index contributed by atoms with van der Waals surface area (Å²) in [6.45, 7) is 2.55. The molecule has 26 heavy (non-hydrogen) atoms. The molecule has 2 aromatic carbocycles. The van der Waals surface area contributed by atoms with Crippen LogP contribution >= 0.6 is 0 Å². The Morgan fingerprint density at radius 2 is 2.00 bits per heavy atom. The second-order valence-electron chi connectivity index (χ2n) is 6.01. The minimum Gasteiger partial charge on any atom is -0.497 e. The van der Waals surface area contributed by atoms with Crippen LogP contribution in [0.3, 0.4) is 0 Å². The summed E-state index contributed by atoms with van der Waals surface area (Å²) in [5.41, 5.74) is 3.08. The molecule has 3 aromatic rings. The van der Waals surface area contributed by atoms with Gasteiger partial charge in [-0.25, -0.2) is 0 Å². The van der Waals surface area contributed by atoms with E-state index in [1.165, 1.54) is 5.56 Å². The minimum absolute atomic E-state index is 0.0493. The fourth-order valence-corrected chi connectivity index (χ4v) is 2.45. The van der Waals surface area contributed by atoms with Crippen molar-refractivity contribution < 1.29 is 14.1 Å². The normalized spacial score (nSPS) is 10.5. The summed E-state index contributed by atoms with van der Waals surface area (Å²) in [5, 5.41) is 6.87. The van der Waals surface area contributed by atoms with E-state index in [9.17, 15) is 4.79 Å². The molecular formula is C20H21N3O3. The van der Waals surface area contributed by atoms with Gasteiger partial charge in [-0.15, -0.1) is 0 Å². The molecule has 6 heteroatoms. The van der Waals surface area contributed by atoms with Crippen LogP contribution in [0.1, 0.15) is 23.4 Å². The smallest absolute Gasteiger partial charge is 0.227 e. The van der Waals surface area contributed by atoms with Crippen molar-refractivity contribution >= 4 is 5.91 Å². The molecule has 0 saturated heterocycles. The van der Waals surface area contributed by atoms with E-state index in [-0.39, 0.29) is 5.91 Å². The van der Waals surface area contributed by atoms with Crippen molar-refractivity contribution in [3.05, 3.63) is 65.5 Å². The first-order valence-electron chi connectivity index (χ1n) is 8.43. The summed E-state index contributed by atoms with van der Waals surface area (Å²) in [7, 11) is 1.61. The molecule has 0 atom stereocenters. The van der Waals surface area contributed by atoms with Crippen molar-refractivity contribution in [1.29, 1.82) is 0 Å². The van der Waals surface area contributed by atoms with Crippen LogP contribution in [-0.4, -0.2) is 23.2 Å². The van der Waals surface area contributed by atoms with E-state index in [0.717, 1.165) is 16.9 Å². The maximum Gasteiger partial charge on any atom is 0.227 e. The molecule has 0 saturated carbocycles. The number of methoxy groups -OCH3 is 1. The molecule has 0 unspecified atom stereocenters. The van der Waals surface area contributed by atoms with Crippen LogP contribution in [0, 0.1) is 6.92 Å². The van der Waals surface area contributed by atoms with Gasteiger partial charge in [-0.2, -0.15) is 4.98 Å². The second-order valence-corrected chi connectivity index (χ2v) is 6.01. The number of amides is 1. The van der Waals surface area contributed by atoms with E-state index in [0.29, 0.717) is 31.1 Å². The van der Waals surface area contributed by atoms with E-state index in [4.69, 9.17) is 9.26 Å². The van der Waals surface area contributed by atoms with Gasteiger partial charge < -0.3 is 14.6 Å². The first-order valence-corrected chi connectivity index (χ1v) is 8.43. The Kier molecular flexibility index (Phi) is 5.63. The lowest BCUT2D eigenvalue weighted by Gasteiger charge is -2.04. The highest BCUT2D eigenvalue weighted by Crippen LogP contribution is 2.21. The number of benzene rings is 2. The molecule has 1 aromatic heterocycles. The number of aryl methyl sites for hydroxylation is 2. The van der Waals surface area contributed by atoms with E-state index in [1.807, 2.05) is 55.5 Å². The number of nitrogens with one attached hydrogen (secondary N) is 1. The van der Waals surface area contributed by atoms with Gasteiger partial charge in [-0.05, 0) is 24.6 Å². The van der Waals surface area contributed by atoms with E-state index < -0.39 is 0 Å². The molecule has 0 aliphatic carbocycles. The van der Waals surface area contributed by atoms with Gasteiger partial charge in [-0.3, -0.25) is 4.79 Å². The molecule has 0 spiro atoms. The number of carbonyl (C=O) groups is 1. The van der Waals surface area contributed by atoms with Crippen molar-refractivity contribution in [3.8, 4) is 17.1 Å². The Labute approximate surface area is 152 Å². The maximum atomic E-state index is 12.0. The van der Waals surface area contributed by atoms with Crippen LogP contribution < -0.4 is 10.1 Å². The van der Waals surface area contributed by atoms with Crippen LogP contribution in [0.5, 0.6) is 5.75 Å². The Balaban J connectivity index is 1.51. The van der Waals surface area contributed by atoms with Gasteiger partial charge in [-0.1, -0.05) is 47.1 Å². The largest absolute Gasteiger partial charge is 0.497 e. The molecule has 0 radical (unpaired) electrons. The molecule has 6 nitrogen and oxygen atoms in total. The van der Waals surface area contributed by atoms with Crippen molar-refractivity contribution in [2.75, 3.05) is 7.11 Å². The highest BCUT2D eigenvalue weighted by atomic mass is 16.5. The molecular weight excluding hydrogens is 330 g/mol. The van der Waals surface area contributed by atoms with E-state index in [1.54, 1.807) is 7.11 Å². The van der Waals surface area contributed by atoms with Crippen LogP contribution in [0.15, 0.2) is 53.1 Å². The lowest BCUT2D eigenvalue weighted by molar-refractivity contribution is -0.121. The molecule has 0 aliphatic rings. The van der Waals surface area contributed by atoms with Gasteiger partial charge in [0.2, 0.25) is 17.6 Å². The van der Waals surface area contributed by atoms with Gasteiger partial charge in [0.25, 0.3) is 0 Å². The zero-order chi connectivity index (χ0) is 18.4. The zero-order valence-electron chi connectivity index (χ0n) is 14.9. The summed E-state index contributed by atoms with van der Waals surface area (Å²) >= 11 is 0. The number of aromatic nitrogens is 2. The van der Waals surface area contributed by atoms with Crippen molar-refractivity contribution in [1.82, 2.24) is 15.5 Å². The van der Waals surface area contributed by atoms with E-state index in [2.05, 4.69) is 15.5 Å². The fraction of sp³-hybridized carbons (Fsp3) is 0.250. The summed E-state index contributed by atoms with van der Waals surface area (Å²) in [6, 6.07) is 15.5. The highest BCUT2D eigenvalue weighted by Gasteiger charge is 2.11. The molecule has 0 fully saturated rings. The summed E-state index contributed by atoms with van der Waals surface area (Å²) in [6.07, 6.45) is 0.697. The van der Waals surface area contributed by atoms with Gasteiger partial charge in [0.1, 0.15) is 5.75 Å². The number of carbonyl (C=O) groups excluding carboxylic acids is 1. The minimum atomic E-state index is -0.0493. The standard InChI is InChI=1S/C20H21N3O3/c1-14-6-8-15(9-7-14)13-21-18(24)10-11-19-22-20(23-26-19)16-4-3-5-17(12-16)25-2/h3-9,12H,10-11,13H2,1-2H3,(H,21,24). The average molecular weight is 351 g/mol. The monoisotopic (exact) mass is 351 g/mol. The number of rotatable bonds is 7. The molecule has 1 N–H and O–H groups in total. The number of hydrogen-bond acceptors (Lipinski definition) is 5. The first kappa shape index (κ1) is 17.7. The number of hydrogen-bond donors (Lipinski definition) is 1. The summed E-state index contributed by atoms with van der Waals surface area (Å²) in [4.78, 5) is 16.3. The Hall–Kier alpha value is -3.15. The zero-order valence-corrected chi connectivity index (χ0v) is 14.9. The number of nitrogens with zero attached hydrogens (tertiary/aromatic N) is 2. The molecule has 0 bridgehead atoms. The Bertz CT molecular complexity index is 872. The molecule has 3 rings (SSSR count). The highest BCUT2D eigenvalue weighted by molar-refractivity contribution is 5.76. The van der Waals surface area contributed by atoms with Crippen LogP contribution in [-0.2, 0) is 17.8 Å². The molecule has 0 aliphatic heterocycles. The Morgan fingerprint density at radius 1 is 1.19 bits per heavy atom. The predicted octanol–water partition coefficient (Wildman–Crippen LogP) is 3.30. The topological polar surface area (TPSA) is 77.2 Å². The quantitative estimate of drug-likeness (QED) is 0.707. The average Bonchev–Trinajstić information content (AvgIpc) is 3.15. The summed E-state index contributed by atoms with van der Waals surface area (Å²) < 4.78 is 10.4.